The number of nitrogens with zero attached hydrogens (tertiary/aromatic N) is 5. The van der Waals surface area contributed by atoms with Crippen LogP contribution in [0.5, 0.6) is 0 Å². The van der Waals surface area contributed by atoms with E-state index in [4.69, 9.17) is 0 Å². The Hall–Kier alpha value is -4.22. The molecule has 1 fully saturated rings. The molecule has 11 heteroatoms. The third kappa shape index (κ3) is 7.06. The lowest BCUT2D eigenvalue weighted by molar-refractivity contribution is -0.116. The van der Waals surface area contributed by atoms with E-state index in [1.807, 2.05) is 42.1 Å². The number of anilines is 2. The highest BCUT2D eigenvalue weighted by Crippen LogP contribution is 2.43. The number of aromatic nitrogens is 5. The Kier molecular flexibility index (Phi) is 9.26. The van der Waals surface area contributed by atoms with Crippen LogP contribution in [0.25, 0.3) is 16.5 Å². The van der Waals surface area contributed by atoms with Crippen LogP contribution >= 0.6 is 22.7 Å². The third-order valence-electron chi connectivity index (χ3n) is 9.37. The van der Waals surface area contributed by atoms with Gasteiger partial charge in [0.1, 0.15) is 10.0 Å². The maximum atomic E-state index is 13.2. The number of benzene rings is 2. The summed E-state index contributed by atoms with van der Waals surface area (Å²) >= 11 is 2.93. The number of hydrogen-bond acceptors (Lipinski definition) is 8. The lowest BCUT2D eigenvalue weighted by atomic mass is 9.81. The minimum atomic E-state index is -0.0984. The van der Waals surface area contributed by atoms with E-state index in [0.29, 0.717) is 22.6 Å². The molecule has 0 saturated heterocycles. The molecule has 2 N–H and O–H groups in total. The molecule has 0 spiro atoms. The van der Waals surface area contributed by atoms with Crippen LogP contribution in [0, 0.1) is 5.92 Å². The standard InChI is InChI=1S/C36H39N7O2S2/c1-3-9-22-16-23-10-4-5-13-28(23)26(17-22)19-31(44)37-35-41-39-33(46-35)24-11-8-12-25(18-24)34-40-42-36(47-34)38-32(45)20-27-21-43(2)30-15-7-6-14-29(27)30/h4-7,10,13-15,17,21-22,24-25H,3,8-9,11-12,16,18-20H2,1-2H3,(H,37,41,44)(H,38,42,45). The van der Waals surface area contributed by atoms with Crippen molar-refractivity contribution in [2.24, 2.45) is 13.0 Å². The average Bonchev–Trinajstić information content (AvgIpc) is 3.81. The molecular formula is C36H39N7O2S2. The highest BCUT2D eigenvalue weighted by molar-refractivity contribution is 7.15. The lowest BCUT2D eigenvalue weighted by Crippen LogP contribution is -2.16. The molecule has 3 unspecified atom stereocenters. The van der Waals surface area contributed by atoms with Crippen LogP contribution in [-0.4, -0.2) is 36.8 Å². The maximum absolute atomic E-state index is 13.2. The minimum Gasteiger partial charge on any atom is -0.350 e. The van der Waals surface area contributed by atoms with E-state index in [1.165, 1.54) is 33.8 Å². The van der Waals surface area contributed by atoms with E-state index < -0.39 is 0 Å². The first-order chi connectivity index (χ1) is 22.9. The van der Waals surface area contributed by atoms with Crippen LogP contribution in [0.1, 0.15) is 90.4 Å². The van der Waals surface area contributed by atoms with Gasteiger partial charge in [-0.3, -0.25) is 9.59 Å². The number of nitrogens with one attached hydrogen (secondary N) is 2. The minimum absolute atomic E-state index is 0.0590. The van der Waals surface area contributed by atoms with Gasteiger partial charge in [-0.1, -0.05) is 91.0 Å². The second-order valence-electron chi connectivity index (χ2n) is 12.8. The molecule has 2 amide bonds. The lowest BCUT2D eigenvalue weighted by Gasteiger charge is -2.25. The molecular weight excluding hydrogens is 627 g/mol. The summed E-state index contributed by atoms with van der Waals surface area (Å²) in [5.74, 6) is 0.801. The summed E-state index contributed by atoms with van der Waals surface area (Å²) in [5, 5.41) is 27.7. The summed E-state index contributed by atoms with van der Waals surface area (Å²) in [4.78, 5) is 26.1. The van der Waals surface area contributed by atoms with Crippen LogP contribution in [-0.2, 0) is 29.5 Å². The predicted molar refractivity (Wildman–Crippen MR) is 189 cm³/mol. The number of para-hydroxylation sites is 1. The van der Waals surface area contributed by atoms with Crippen molar-refractivity contribution in [1.82, 2.24) is 25.0 Å². The average molecular weight is 666 g/mol. The van der Waals surface area contributed by atoms with E-state index in [-0.39, 0.29) is 30.1 Å². The molecule has 2 aliphatic rings. The summed E-state index contributed by atoms with van der Waals surface area (Å²) in [6, 6.07) is 16.5. The molecule has 0 radical (unpaired) electrons. The monoisotopic (exact) mass is 665 g/mol. The second kappa shape index (κ2) is 13.9. The van der Waals surface area contributed by atoms with Crippen molar-refractivity contribution in [2.45, 2.75) is 76.5 Å². The fraction of sp³-hybridized carbons (Fsp3) is 0.389. The van der Waals surface area contributed by atoms with E-state index in [0.717, 1.165) is 77.0 Å². The molecule has 2 aliphatic carbocycles. The third-order valence-corrected chi connectivity index (χ3v) is 11.4. The van der Waals surface area contributed by atoms with Gasteiger partial charge in [-0.15, -0.1) is 20.4 Å². The summed E-state index contributed by atoms with van der Waals surface area (Å²) in [6.45, 7) is 2.21. The van der Waals surface area contributed by atoms with Crippen molar-refractivity contribution in [2.75, 3.05) is 10.6 Å². The van der Waals surface area contributed by atoms with Crippen molar-refractivity contribution in [3.8, 4) is 0 Å². The summed E-state index contributed by atoms with van der Waals surface area (Å²) in [6.07, 6.45) is 12.2. The number of hydrogen-bond donors (Lipinski definition) is 2. The van der Waals surface area contributed by atoms with Crippen LogP contribution in [0.15, 0.2) is 60.8 Å². The Morgan fingerprint density at radius 1 is 0.872 bits per heavy atom. The van der Waals surface area contributed by atoms with Gasteiger partial charge in [-0.2, -0.15) is 0 Å². The van der Waals surface area contributed by atoms with Crippen LogP contribution < -0.4 is 10.6 Å². The molecule has 5 aromatic rings. The number of rotatable bonds is 10. The van der Waals surface area contributed by atoms with Gasteiger partial charge in [0.05, 0.1) is 12.8 Å². The number of fused-ring (bicyclic) bond motifs is 2. The normalized spacial score (nSPS) is 19.3. The Morgan fingerprint density at radius 3 is 2.26 bits per heavy atom. The first kappa shape index (κ1) is 31.4. The molecule has 0 aliphatic heterocycles. The summed E-state index contributed by atoms with van der Waals surface area (Å²) < 4.78 is 2.05. The van der Waals surface area contributed by atoms with Gasteiger partial charge in [0.25, 0.3) is 0 Å². The summed E-state index contributed by atoms with van der Waals surface area (Å²) in [7, 11) is 1.99. The molecule has 0 bridgehead atoms. The molecule has 1 saturated carbocycles. The van der Waals surface area contributed by atoms with Gasteiger partial charge >= 0.3 is 0 Å². The van der Waals surface area contributed by atoms with Crippen molar-refractivity contribution in [1.29, 1.82) is 0 Å². The Labute approximate surface area is 282 Å². The number of carbonyl (C=O) groups is 2. The van der Waals surface area contributed by atoms with Crippen molar-refractivity contribution in [3.05, 3.63) is 87.5 Å². The van der Waals surface area contributed by atoms with Crippen LogP contribution in [0.4, 0.5) is 10.3 Å². The van der Waals surface area contributed by atoms with Gasteiger partial charge < -0.3 is 15.2 Å². The zero-order valence-corrected chi connectivity index (χ0v) is 28.4. The van der Waals surface area contributed by atoms with E-state index in [1.54, 1.807) is 0 Å². The molecule has 3 heterocycles. The predicted octanol–water partition coefficient (Wildman–Crippen LogP) is 7.89. The Bertz CT molecular complexity index is 1940. The van der Waals surface area contributed by atoms with E-state index in [9.17, 15) is 9.59 Å². The molecule has 2 aromatic carbocycles. The molecule has 3 atom stereocenters. The van der Waals surface area contributed by atoms with E-state index in [2.05, 4.69) is 68.3 Å². The zero-order chi connectivity index (χ0) is 32.3. The van der Waals surface area contributed by atoms with Gasteiger partial charge in [0.2, 0.25) is 22.1 Å². The van der Waals surface area contributed by atoms with Crippen molar-refractivity contribution < 1.29 is 9.59 Å². The molecule has 242 valence electrons. The fourth-order valence-electron chi connectivity index (χ4n) is 7.22. The summed E-state index contributed by atoms with van der Waals surface area (Å²) in [5.41, 5.74) is 5.71. The smallest absolute Gasteiger partial charge is 0.230 e. The largest absolute Gasteiger partial charge is 0.350 e. The number of carbonyl (C=O) groups excluding carboxylic acids is 2. The molecule has 7 rings (SSSR count). The van der Waals surface area contributed by atoms with Gasteiger partial charge in [-0.25, -0.2) is 0 Å². The topological polar surface area (TPSA) is 115 Å². The second-order valence-corrected chi connectivity index (χ2v) is 14.8. The maximum Gasteiger partial charge on any atom is 0.230 e. The van der Waals surface area contributed by atoms with Gasteiger partial charge in [0, 0.05) is 36.0 Å². The SMILES string of the molecule is CCCC1C=C(CC(=O)Nc2nnc(C3CCCC(c4nnc(NC(=O)Cc5cn(C)c6ccccc56)s4)C3)s2)c2ccccc2C1. The quantitative estimate of drug-likeness (QED) is 0.157. The highest BCUT2D eigenvalue weighted by atomic mass is 32.1. The Balaban J connectivity index is 0.949. The molecule has 9 nitrogen and oxygen atoms in total. The molecule has 3 aromatic heterocycles. The van der Waals surface area contributed by atoms with Gasteiger partial charge in [0.15, 0.2) is 0 Å². The first-order valence-corrected chi connectivity index (χ1v) is 18.1. The number of amides is 2. The van der Waals surface area contributed by atoms with E-state index >= 15 is 0 Å². The molecule has 47 heavy (non-hydrogen) atoms. The first-order valence-electron chi connectivity index (χ1n) is 16.5. The Morgan fingerprint density at radius 2 is 1.53 bits per heavy atom. The number of allylic oxidation sites excluding steroid dienone is 1. The van der Waals surface area contributed by atoms with Crippen LogP contribution in [0.2, 0.25) is 0 Å². The van der Waals surface area contributed by atoms with Crippen molar-refractivity contribution in [3.63, 3.8) is 0 Å². The highest BCUT2D eigenvalue weighted by Gasteiger charge is 2.30. The zero-order valence-electron chi connectivity index (χ0n) is 26.7. The van der Waals surface area contributed by atoms with Crippen molar-refractivity contribution >= 4 is 61.2 Å². The van der Waals surface area contributed by atoms with Gasteiger partial charge in [-0.05, 0) is 66.4 Å². The van der Waals surface area contributed by atoms with Crippen LogP contribution in [0.3, 0.4) is 0 Å². The fourth-order valence-corrected chi connectivity index (χ4v) is 9.03. The number of aryl methyl sites for hydroxylation is 1.